The maximum Gasteiger partial charge on any atom is 0.250 e. The Morgan fingerprint density at radius 1 is 1.32 bits per heavy atom. The van der Waals surface area contributed by atoms with E-state index in [1.807, 2.05) is 13.8 Å². The molecule has 0 fully saturated rings. The summed E-state index contributed by atoms with van der Waals surface area (Å²) >= 11 is 1.26. The second kappa shape index (κ2) is 6.83. The molecule has 1 heterocycles. The first kappa shape index (κ1) is 16.6. The van der Waals surface area contributed by atoms with Gasteiger partial charge in [0, 0.05) is 17.5 Å². The van der Waals surface area contributed by atoms with Crippen LogP contribution in [0, 0.1) is 12.8 Å². The number of hydrogen-bond acceptors (Lipinski definition) is 4. The second-order valence-corrected chi connectivity index (χ2v) is 8.45. The molecule has 1 rings (SSSR count). The van der Waals surface area contributed by atoms with Crippen LogP contribution in [0.1, 0.15) is 44.1 Å². The van der Waals surface area contributed by atoms with Gasteiger partial charge in [0.05, 0.1) is 0 Å². The summed E-state index contributed by atoms with van der Waals surface area (Å²) in [5, 5.41) is 0. The molecule has 0 aliphatic carbocycles. The smallest absolute Gasteiger partial charge is 0.250 e. The number of rotatable bonds is 7. The maximum atomic E-state index is 12.2. The van der Waals surface area contributed by atoms with Crippen molar-refractivity contribution in [2.24, 2.45) is 11.7 Å². The molecule has 1 aromatic heterocycles. The maximum absolute atomic E-state index is 12.2. The van der Waals surface area contributed by atoms with E-state index in [1.165, 1.54) is 11.3 Å². The summed E-state index contributed by atoms with van der Waals surface area (Å²) in [5.41, 5.74) is 6.53. The summed E-state index contributed by atoms with van der Waals surface area (Å²) in [6.45, 7) is 8.45. The Labute approximate surface area is 120 Å². The van der Waals surface area contributed by atoms with Gasteiger partial charge >= 0.3 is 0 Å². The predicted octanol–water partition coefficient (Wildman–Crippen LogP) is 2.62. The van der Waals surface area contributed by atoms with Gasteiger partial charge in [0.25, 0.3) is 0 Å². The molecule has 19 heavy (non-hydrogen) atoms. The number of sulfonamides is 1. The van der Waals surface area contributed by atoms with Gasteiger partial charge < -0.3 is 5.73 Å². The van der Waals surface area contributed by atoms with Crippen molar-refractivity contribution in [2.75, 3.05) is 0 Å². The van der Waals surface area contributed by atoms with Gasteiger partial charge in [-0.05, 0) is 44.2 Å². The van der Waals surface area contributed by atoms with Gasteiger partial charge in [-0.1, -0.05) is 13.8 Å². The van der Waals surface area contributed by atoms with Crippen molar-refractivity contribution in [1.29, 1.82) is 0 Å². The van der Waals surface area contributed by atoms with Crippen LogP contribution in [0.2, 0.25) is 0 Å². The van der Waals surface area contributed by atoms with Crippen molar-refractivity contribution in [3.8, 4) is 0 Å². The molecule has 3 N–H and O–H groups in total. The monoisotopic (exact) mass is 304 g/mol. The molecule has 1 unspecified atom stereocenters. The summed E-state index contributed by atoms with van der Waals surface area (Å²) < 4.78 is 27.6. The van der Waals surface area contributed by atoms with E-state index in [9.17, 15) is 8.42 Å². The van der Waals surface area contributed by atoms with E-state index in [-0.39, 0.29) is 6.04 Å². The molecular weight excluding hydrogens is 280 g/mol. The van der Waals surface area contributed by atoms with Gasteiger partial charge in [-0.15, -0.1) is 11.3 Å². The zero-order chi connectivity index (χ0) is 14.6. The van der Waals surface area contributed by atoms with E-state index >= 15 is 0 Å². The number of nitrogens with two attached hydrogens (primary N) is 1. The third-order valence-electron chi connectivity index (χ3n) is 2.98. The average Bonchev–Trinajstić information content (AvgIpc) is 2.68. The first-order chi connectivity index (χ1) is 8.76. The Kier molecular flexibility index (Phi) is 5.98. The minimum Gasteiger partial charge on any atom is -0.326 e. The fourth-order valence-electron chi connectivity index (χ4n) is 1.79. The van der Waals surface area contributed by atoms with Crippen LogP contribution in [0.4, 0.5) is 0 Å². The highest BCUT2D eigenvalue weighted by Crippen LogP contribution is 2.25. The molecule has 1 aromatic rings. The van der Waals surface area contributed by atoms with E-state index < -0.39 is 10.0 Å². The largest absolute Gasteiger partial charge is 0.326 e. The molecule has 110 valence electrons. The van der Waals surface area contributed by atoms with Gasteiger partial charge in [-0.2, -0.15) is 0 Å². The lowest BCUT2D eigenvalue weighted by atomic mass is 10.1. The highest BCUT2D eigenvalue weighted by molar-refractivity contribution is 7.91. The lowest BCUT2D eigenvalue weighted by Gasteiger charge is -2.14. The molecule has 0 amide bonds. The summed E-state index contributed by atoms with van der Waals surface area (Å²) in [6.07, 6.45) is 1.87. The van der Waals surface area contributed by atoms with Gasteiger partial charge in [0.15, 0.2) is 0 Å². The molecule has 0 saturated heterocycles. The van der Waals surface area contributed by atoms with Crippen molar-refractivity contribution in [3.63, 3.8) is 0 Å². The third kappa shape index (κ3) is 4.87. The molecule has 0 aliphatic rings. The normalized spacial score (nSPS) is 14.0. The summed E-state index contributed by atoms with van der Waals surface area (Å²) in [5.74, 6) is 0.583. The Morgan fingerprint density at radius 2 is 1.95 bits per heavy atom. The summed E-state index contributed by atoms with van der Waals surface area (Å²) in [6, 6.07) is 1.65. The molecule has 0 aliphatic heterocycles. The highest BCUT2D eigenvalue weighted by Gasteiger charge is 2.20. The van der Waals surface area contributed by atoms with Crippen LogP contribution in [0.3, 0.4) is 0 Å². The fraction of sp³-hybridized carbons (Fsp3) is 0.692. The molecule has 6 heteroatoms. The van der Waals surface area contributed by atoms with Crippen LogP contribution < -0.4 is 10.5 Å². The van der Waals surface area contributed by atoms with E-state index in [0.29, 0.717) is 16.7 Å². The van der Waals surface area contributed by atoms with Crippen LogP contribution in [0.15, 0.2) is 10.3 Å². The van der Waals surface area contributed by atoms with Crippen molar-refractivity contribution >= 4 is 21.4 Å². The zero-order valence-corrected chi connectivity index (χ0v) is 13.7. The fourth-order valence-corrected chi connectivity index (χ4v) is 4.55. The highest BCUT2D eigenvalue weighted by atomic mass is 32.2. The Hall–Kier alpha value is -0.430. The minimum atomic E-state index is -3.41. The van der Waals surface area contributed by atoms with Crippen LogP contribution in [-0.2, 0) is 16.6 Å². The van der Waals surface area contributed by atoms with Crippen LogP contribution >= 0.6 is 11.3 Å². The first-order valence-corrected chi connectivity index (χ1v) is 8.88. The predicted molar refractivity (Wildman–Crippen MR) is 80.8 cm³/mol. The van der Waals surface area contributed by atoms with Gasteiger partial charge in [-0.3, -0.25) is 0 Å². The van der Waals surface area contributed by atoms with Gasteiger partial charge in [0.1, 0.15) is 4.21 Å². The van der Waals surface area contributed by atoms with Crippen molar-refractivity contribution in [3.05, 3.63) is 16.5 Å². The zero-order valence-electron chi connectivity index (χ0n) is 12.1. The number of nitrogens with one attached hydrogen (secondary N) is 1. The molecule has 1 atom stereocenters. The van der Waals surface area contributed by atoms with Crippen molar-refractivity contribution in [1.82, 2.24) is 4.72 Å². The quantitative estimate of drug-likeness (QED) is 0.813. The van der Waals surface area contributed by atoms with Crippen molar-refractivity contribution < 1.29 is 8.42 Å². The van der Waals surface area contributed by atoms with E-state index in [1.54, 1.807) is 6.07 Å². The summed E-state index contributed by atoms with van der Waals surface area (Å²) in [7, 11) is -3.41. The lowest BCUT2D eigenvalue weighted by molar-refractivity contribution is 0.486. The van der Waals surface area contributed by atoms with E-state index in [2.05, 4.69) is 18.6 Å². The van der Waals surface area contributed by atoms with Crippen molar-refractivity contribution in [2.45, 2.75) is 57.3 Å². The SMILES string of the molecule is Cc1cc(S(=O)(=O)NC(C)CCC(C)C)sc1CN. The topological polar surface area (TPSA) is 72.2 Å². The minimum absolute atomic E-state index is 0.0452. The Bertz CT molecular complexity index is 507. The standard InChI is InChI=1S/C13H24N2O2S2/c1-9(2)5-6-11(4)15-19(16,17)13-7-10(3)12(8-14)18-13/h7,9,11,15H,5-6,8,14H2,1-4H3. The van der Waals surface area contributed by atoms with E-state index in [0.717, 1.165) is 23.3 Å². The second-order valence-electron chi connectivity index (χ2n) is 5.37. The summed E-state index contributed by atoms with van der Waals surface area (Å²) in [4.78, 5) is 0.926. The number of aryl methyl sites for hydroxylation is 1. The molecule has 0 spiro atoms. The molecular formula is C13H24N2O2S2. The van der Waals surface area contributed by atoms with Gasteiger partial charge in [0.2, 0.25) is 10.0 Å². The first-order valence-electron chi connectivity index (χ1n) is 6.58. The Morgan fingerprint density at radius 3 is 2.42 bits per heavy atom. The molecule has 0 radical (unpaired) electrons. The third-order valence-corrected chi connectivity index (χ3v) is 6.30. The molecule has 0 aromatic carbocycles. The van der Waals surface area contributed by atoms with Crippen LogP contribution in [0.25, 0.3) is 0 Å². The lowest BCUT2D eigenvalue weighted by Crippen LogP contribution is -2.32. The number of hydrogen-bond donors (Lipinski definition) is 2. The van der Waals surface area contributed by atoms with E-state index in [4.69, 9.17) is 5.73 Å². The Balaban J connectivity index is 2.74. The van der Waals surface area contributed by atoms with Gasteiger partial charge in [-0.25, -0.2) is 13.1 Å². The van der Waals surface area contributed by atoms with Crippen LogP contribution in [0.5, 0.6) is 0 Å². The molecule has 0 bridgehead atoms. The number of thiophene rings is 1. The average molecular weight is 304 g/mol. The van der Waals surface area contributed by atoms with Crippen LogP contribution in [-0.4, -0.2) is 14.5 Å². The molecule has 4 nitrogen and oxygen atoms in total. The molecule has 0 saturated carbocycles.